The number of thioether (sulfide) groups is 1. The summed E-state index contributed by atoms with van der Waals surface area (Å²) in [5.74, 6) is 2.33. The normalized spacial score (nSPS) is 9.33. The van der Waals surface area contributed by atoms with Crippen molar-refractivity contribution in [3.63, 3.8) is 0 Å². The predicted molar refractivity (Wildman–Crippen MR) is 63.8 cm³/mol. The van der Waals surface area contributed by atoms with Gasteiger partial charge < -0.3 is 5.32 Å². The van der Waals surface area contributed by atoms with Crippen LogP contribution in [0.25, 0.3) is 0 Å². The highest BCUT2D eigenvalue weighted by Gasteiger charge is 2.01. The average molecular weight is 219 g/mol. The SMILES string of the molecule is C#CCNC(=O)Cc1ccc(SC)cc1. The largest absolute Gasteiger partial charge is 0.345 e. The van der Waals surface area contributed by atoms with E-state index in [-0.39, 0.29) is 5.91 Å². The molecule has 3 heteroatoms. The van der Waals surface area contributed by atoms with Crippen LogP contribution >= 0.6 is 11.8 Å². The number of hydrogen-bond donors (Lipinski definition) is 1. The molecule has 78 valence electrons. The highest BCUT2D eigenvalue weighted by atomic mass is 32.2. The van der Waals surface area contributed by atoms with Crippen molar-refractivity contribution in [2.24, 2.45) is 0 Å². The van der Waals surface area contributed by atoms with Gasteiger partial charge in [-0.2, -0.15) is 0 Å². The standard InChI is InChI=1S/C12H13NOS/c1-3-8-13-12(14)9-10-4-6-11(15-2)7-5-10/h1,4-7H,8-9H2,2H3,(H,13,14). The zero-order valence-electron chi connectivity index (χ0n) is 8.62. The van der Waals surface area contributed by atoms with E-state index in [2.05, 4.69) is 11.2 Å². The lowest BCUT2D eigenvalue weighted by Crippen LogP contribution is -2.25. The fourth-order valence-corrected chi connectivity index (χ4v) is 1.55. The molecule has 0 heterocycles. The van der Waals surface area contributed by atoms with Crippen molar-refractivity contribution in [1.29, 1.82) is 0 Å². The molecule has 2 nitrogen and oxygen atoms in total. The Morgan fingerprint density at radius 3 is 2.67 bits per heavy atom. The molecular formula is C12H13NOS. The van der Waals surface area contributed by atoms with E-state index in [9.17, 15) is 4.79 Å². The van der Waals surface area contributed by atoms with Crippen LogP contribution in [-0.4, -0.2) is 18.7 Å². The zero-order valence-corrected chi connectivity index (χ0v) is 9.43. The highest BCUT2D eigenvalue weighted by molar-refractivity contribution is 7.98. The molecular weight excluding hydrogens is 206 g/mol. The number of hydrogen-bond acceptors (Lipinski definition) is 2. The zero-order chi connectivity index (χ0) is 11.1. The molecule has 0 aliphatic heterocycles. The number of carbonyl (C=O) groups excluding carboxylic acids is 1. The fourth-order valence-electron chi connectivity index (χ4n) is 1.14. The van der Waals surface area contributed by atoms with Crippen molar-refractivity contribution >= 4 is 17.7 Å². The summed E-state index contributed by atoms with van der Waals surface area (Å²) in [5.41, 5.74) is 1.00. The van der Waals surface area contributed by atoms with Gasteiger partial charge >= 0.3 is 0 Å². The van der Waals surface area contributed by atoms with E-state index in [0.29, 0.717) is 13.0 Å². The van der Waals surface area contributed by atoms with Crippen LogP contribution in [0.3, 0.4) is 0 Å². The minimum Gasteiger partial charge on any atom is -0.345 e. The summed E-state index contributed by atoms with van der Waals surface area (Å²) in [6.07, 6.45) is 7.45. The van der Waals surface area contributed by atoms with Crippen molar-refractivity contribution in [2.45, 2.75) is 11.3 Å². The Kier molecular flexibility index (Phi) is 4.79. The maximum atomic E-state index is 11.3. The minimum atomic E-state index is -0.0372. The van der Waals surface area contributed by atoms with Crippen LogP contribution in [0.4, 0.5) is 0 Å². The Balaban J connectivity index is 2.50. The molecule has 0 aromatic heterocycles. The number of nitrogens with one attached hydrogen (secondary N) is 1. The van der Waals surface area contributed by atoms with Gasteiger partial charge in [0, 0.05) is 4.90 Å². The first kappa shape index (κ1) is 11.7. The third-order valence-electron chi connectivity index (χ3n) is 1.91. The molecule has 0 bridgehead atoms. The van der Waals surface area contributed by atoms with Gasteiger partial charge in [-0.15, -0.1) is 18.2 Å². The molecule has 0 saturated carbocycles. The molecule has 1 aromatic carbocycles. The molecule has 1 rings (SSSR count). The van der Waals surface area contributed by atoms with E-state index in [1.54, 1.807) is 11.8 Å². The average Bonchev–Trinajstić information content (AvgIpc) is 2.27. The van der Waals surface area contributed by atoms with Crippen LogP contribution in [0.5, 0.6) is 0 Å². The van der Waals surface area contributed by atoms with Crippen LogP contribution < -0.4 is 5.32 Å². The van der Waals surface area contributed by atoms with E-state index in [1.165, 1.54) is 4.90 Å². The summed E-state index contributed by atoms with van der Waals surface area (Å²) in [7, 11) is 0. The summed E-state index contributed by atoms with van der Waals surface area (Å²) < 4.78 is 0. The first-order valence-corrected chi connectivity index (χ1v) is 5.82. The summed E-state index contributed by atoms with van der Waals surface area (Å²) in [5, 5.41) is 2.63. The van der Waals surface area contributed by atoms with Crippen LogP contribution in [0.15, 0.2) is 29.2 Å². The van der Waals surface area contributed by atoms with Gasteiger partial charge in [-0.25, -0.2) is 0 Å². The lowest BCUT2D eigenvalue weighted by molar-refractivity contribution is -0.120. The van der Waals surface area contributed by atoms with Crippen LogP contribution in [0.2, 0.25) is 0 Å². The van der Waals surface area contributed by atoms with Crippen molar-refractivity contribution < 1.29 is 4.79 Å². The molecule has 15 heavy (non-hydrogen) atoms. The topological polar surface area (TPSA) is 29.1 Å². The van der Waals surface area contributed by atoms with E-state index in [0.717, 1.165) is 5.56 Å². The molecule has 0 aliphatic carbocycles. The second kappa shape index (κ2) is 6.15. The molecule has 0 atom stereocenters. The van der Waals surface area contributed by atoms with Gasteiger partial charge in [0.25, 0.3) is 0 Å². The van der Waals surface area contributed by atoms with Crippen LogP contribution in [-0.2, 0) is 11.2 Å². The Hall–Kier alpha value is -1.40. The first-order valence-electron chi connectivity index (χ1n) is 4.59. The van der Waals surface area contributed by atoms with Crippen molar-refractivity contribution in [3.8, 4) is 12.3 Å². The van der Waals surface area contributed by atoms with Gasteiger partial charge in [-0.3, -0.25) is 4.79 Å². The quantitative estimate of drug-likeness (QED) is 0.617. The van der Waals surface area contributed by atoms with Crippen LogP contribution in [0.1, 0.15) is 5.56 Å². The maximum Gasteiger partial charge on any atom is 0.225 e. The Morgan fingerprint density at radius 2 is 2.13 bits per heavy atom. The second-order valence-corrected chi connectivity index (χ2v) is 3.89. The third-order valence-corrected chi connectivity index (χ3v) is 2.65. The van der Waals surface area contributed by atoms with E-state index >= 15 is 0 Å². The molecule has 1 amide bonds. The first-order chi connectivity index (χ1) is 7.26. The van der Waals surface area contributed by atoms with E-state index < -0.39 is 0 Å². The van der Waals surface area contributed by atoms with Crippen molar-refractivity contribution in [2.75, 3.05) is 12.8 Å². The van der Waals surface area contributed by atoms with Gasteiger partial charge in [0.05, 0.1) is 13.0 Å². The Bertz CT molecular complexity index is 364. The monoisotopic (exact) mass is 219 g/mol. The minimum absolute atomic E-state index is 0.0372. The van der Waals surface area contributed by atoms with Crippen molar-refractivity contribution in [3.05, 3.63) is 29.8 Å². The van der Waals surface area contributed by atoms with Gasteiger partial charge in [0.2, 0.25) is 5.91 Å². The number of amides is 1. The van der Waals surface area contributed by atoms with E-state index in [1.807, 2.05) is 30.5 Å². The maximum absolute atomic E-state index is 11.3. The Labute approximate surface area is 94.5 Å². The Morgan fingerprint density at radius 1 is 1.47 bits per heavy atom. The number of benzene rings is 1. The smallest absolute Gasteiger partial charge is 0.225 e. The highest BCUT2D eigenvalue weighted by Crippen LogP contribution is 2.14. The predicted octanol–water partition coefficient (Wildman–Crippen LogP) is 1.70. The van der Waals surface area contributed by atoms with Crippen molar-refractivity contribution in [1.82, 2.24) is 5.32 Å². The molecule has 0 aliphatic rings. The van der Waals surface area contributed by atoms with Gasteiger partial charge in [0.1, 0.15) is 0 Å². The number of carbonyl (C=O) groups is 1. The number of rotatable bonds is 4. The molecule has 1 aromatic rings. The molecule has 0 saturated heterocycles. The molecule has 0 fully saturated rings. The number of terminal acetylenes is 1. The van der Waals surface area contributed by atoms with Gasteiger partial charge in [0.15, 0.2) is 0 Å². The van der Waals surface area contributed by atoms with Gasteiger partial charge in [-0.1, -0.05) is 18.1 Å². The van der Waals surface area contributed by atoms with E-state index in [4.69, 9.17) is 6.42 Å². The summed E-state index contributed by atoms with van der Waals surface area (Å²) in [6.45, 7) is 0.293. The van der Waals surface area contributed by atoms with Crippen LogP contribution in [0, 0.1) is 12.3 Å². The summed E-state index contributed by atoms with van der Waals surface area (Å²) in [6, 6.07) is 7.94. The molecule has 0 unspecified atom stereocenters. The molecule has 1 N–H and O–H groups in total. The summed E-state index contributed by atoms with van der Waals surface area (Å²) >= 11 is 1.68. The van der Waals surface area contributed by atoms with Gasteiger partial charge in [-0.05, 0) is 24.0 Å². The second-order valence-electron chi connectivity index (χ2n) is 3.01. The lowest BCUT2D eigenvalue weighted by atomic mass is 10.1. The summed E-state index contributed by atoms with van der Waals surface area (Å²) in [4.78, 5) is 12.5. The molecule has 0 spiro atoms. The third kappa shape index (κ3) is 4.09. The molecule has 0 radical (unpaired) electrons. The fraction of sp³-hybridized carbons (Fsp3) is 0.250. The lowest BCUT2D eigenvalue weighted by Gasteiger charge is -2.02.